The van der Waals surface area contributed by atoms with Crippen molar-refractivity contribution in [3.63, 3.8) is 0 Å². The van der Waals surface area contributed by atoms with Gasteiger partial charge in [-0.25, -0.2) is 29.6 Å². The van der Waals surface area contributed by atoms with E-state index in [1.165, 1.54) is 39.0 Å². The molecule has 3 atom stereocenters. The van der Waals surface area contributed by atoms with Gasteiger partial charge in [-0.1, -0.05) is 16.7 Å². The van der Waals surface area contributed by atoms with Gasteiger partial charge in [0.1, 0.15) is 18.1 Å². The van der Waals surface area contributed by atoms with E-state index in [0.717, 1.165) is 15.2 Å². The topological polar surface area (TPSA) is 255 Å². The second kappa shape index (κ2) is 25.6. The molecule has 3 aliphatic rings. The minimum absolute atomic E-state index is 0.0135. The van der Waals surface area contributed by atoms with Crippen LogP contribution >= 0.6 is 0 Å². The number of esters is 3. The number of amides is 6. The van der Waals surface area contributed by atoms with E-state index in [9.17, 15) is 43.2 Å². The van der Waals surface area contributed by atoms with Crippen LogP contribution in [0.5, 0.6) is 0 Å². The van der Waals surface area contributed by atoms with Crippen molar-refractivity contribution in [3.8, 4) is 0 Å². The Morgan fingerprint density at radius 2 is 0.770 bits per heavy atom. The average molecular weight is 877 g/mol. The fraction of sp³-hybridized carbons (Fsp3) is 0.615. The van der Waals surface area contributed by atoms with Crippen molar-refractivity contribution in [1.82, 2.24) is 31.1 Å². The Balaban J connectivity index is 2.21. The second-order valence-corrected chi connectivity index (χ2v) is 16.0. The van der Waals surface area contributed by atoms with Crippen LogP contribution in [-0.2, 0) is 69.0 Å². The van der Waals surface area contributed by atoms with Crippen LogP contribution in [0.1, 0.15) is 99.3 Å². The Labute approximate surface area is 359 Å². The minimum Gasteiger partial charge on any atom is -0.464 e. The summed E-state index contributed by atoms with van der Waals surface area (Å²) in [7, 11) is 0. The maximum atomic E-state index is 14.0. The van der Waals surface area contributed by atoms with Crippen molar-refractivity contribution in [2.24, 2.45) is 0 Å². The summed E-state index contributed by atoms with van der Waals surface area (Å²) in [5.74, 6) is -5.89. The predicted octanol–water partition coefficient (Wildman–Crippen LogP) is 0.786. The summed E-state index contributed by atoms with van der Waals surface area (Å²) >= 11 is -3.98. The number of hydrogen-bond acceptors (Lipinski definition) is 15. The van der Waals surface area contributed by atoms with Crippen molar-refractivity contribution < 1.29 is 69.0 Å². The van der Waals surface area contributed by atoms with Crippen molar-refractivity contribution in [2.75, 3.05) is 39.5 Å². The zero-order chi connectivity index (χ0) is 45.1. The number of hydroxylamine groups is 6. The van der Waals surface area contributed by atoms with Gasteiger partial charge in [0.25, 0.3) is 17.7 Å². The Morgan fingerprint density at radius 3 is 1.02 bits per heavy atom. The third-order valence-electron chi connectivity index (χ3n) is 9.26. The zero-order valence-electron chi connectivity index (χ0n) is 35.6. The normalized spacial score (nSPS) is 26.1. The Morgan fingerprint density at radius 1 is 0.508 bits per heavy atom. The fourth-order valence-corrected chi connectivity index (χ4v) is 7.49. The molecule has 0 aliphatic carbocycles. The monoisotopic (exact) mass is 876 g/mol. The smallest absolute Gasteiger partial charge is 0.464 e. The van der Waals surface area contributed by atoms with Gasteiger partial charge in [-0.15, -0.1) is 0 Å². The molecule has 3 rings (SSSR count). The van der Waals surface area contributed by atoms with Crippen LogP contribution in [0.2, 0.25) is 0 Å². The van der Waals surface area contributed by atoms with Gasteiger partial charge in [-0.2, -0.15) is 0 Å². The minimum atomic E-state index is -3.98. The van der Waals surface area contributed by atoms with Crippen molar-refractivity contribution in [3.05, 3.63) is 34.9 Å². The highest BCUT2D eigenvalue weighted by atomic mass is 27.3. The van der Waals surface area contributed by atoms with Crippen molar-refractivity contribution in [1.29, 1.82) is 0 Å². The predicted molar refractivity (Wildman–Crippen MR) is 213 cm³/mol. The number of carbonyl (C=O) groups excluding carboxylic acids is 9. The lowest BCUT2D eigenvalue weighted by Gasteiger charge is -2.31. The summed E-state index contributed by atoms with van der Waals surface area (Å²) in [5, 5.41) is 10.4. The molecule has 0 aromatic rings. The van der Waals surface area contributed by atoms with Gasteiger partial charge in [-0.3, -0.25) is 28.8 Å². The van der Waals surface area contributed by atoms with E-state index < -0.39 is 86.6 Å². The number of cyclic esters (lactones) is 3. The maximum Gasteiger partial charge on any atom is 0.976 e. The molecule has 336 valence electrons. The summed E-state index contributed by atoms with van der Waals surface area (Å²) in [6.45, 7) is 7.54. The lowest BCUT2D eigenvalue weighted by Crippen LogP contribution is -2.50. The highest BCUT2D eigenvalue weighted by molar-refractivity contribution is 6.36. The Bertz CT molecular complexity index is 1540. The van der Waals surface area contributed by atoms with Gasteiger partial charge in [0, 0.05) is 77.9 Å². The van der Waals surface area contributed by atoms with Gasteiger partial charge >= 0.3 is 33.1 Å². The molecule has 6 amide bonds. The van der Waals surface area contributed by atoms with Gasteiger partial charge in [0.2, 0.25) is 17.7 Å². The Kier molecular flexibility index (Phi) is 21.1. The standard InChI is InChI=1S/C39H57N6O15.Al/c1-25-13-19-58-37(52)31(40-28(4)46)11-8-17-44(56)35(50)23-27(3)15-21-60-39(54)33(42-30(6)48)12-9-18-45(57)36(51)24-26(2)14-20-59-38(53)32(41-29(5)47)10-7-16-43(55)34(49)22-25;/h22-24,31-33H,7-21H2,1-6H3,(H,40,46)(H,41,47)(H,42,48);/q-3;+3/b25-22-,26-24-,27-23+;. The van der Waals surface area contributed by atoms with Gasteiger partial charge in [0.05, 0.1) is 19.8 Å². The number of carbonyl (C=O) groups is 9. The van der Waals surface area contributed by atoms with E-state index in [1.54, 1.807) is 20.8 Å². The molecule has 0 radical (unpaired) electrons. The van der Waals surface area contributed by atoms with Crippen LogP contribution in [0.15, 0.2) is 34.9 Å². The molecule has 3 unspecified atom stereocenters. The van der Waals surface area contributed by atoms with Gasteiger partial charge in [0.15, 0.2) is 0 Å². The maximum absolute atomic E-state index is 14.0. The highest BCUT2D eigenvalue weighted by Gasteiger charge is 2.44. The first-order valence-electron chi connectivity index (χ1n) is 20.2. The Hall–Kier alpha value is -5.14. The average Bonchev–Trinajstić information content (AvgIpc) is 3.16. The molecular weight excluding hydrogens is 819 g/mol. The third-order valence-corrected chi connectivity index (χ3v) is 10.5. The summed E-state index contributed by atoms with van der Waals surface area (Å²) in [4.78, 5) is 117. The van der Waals surface area contributed by atoms with Crippen LogP contribution < -0.4 is 16.0 Å². The second-order valence-electron chi connectivity index (χ2n) is 14.8. The van der Waals surface area contributed by atoms with Crippen LogP contribution in [0.25, 0.3) is 0 Å². The summed E-state index contributed by atoms with van der Waals surface area (Å²) in [6, 6.07) is -3.26. The summed E-state index contributed by atoms with van der Waals surface area (Å²) in [5.41, 5.74) is 1.37. The van der Waals surface area contributed by atoms with E-state index in [1.807, 2.05) is 0 Å². The zero-order valence-corrected chi connectivity index (χ0v) is 36.8. The van der Waals surface area contributed by atoms with E-state index in [4.69, 9.17) is 25.9 Å². The number of nitrogens with zero attached hydrogens (tertiary/aromatic N) is 3. The number of ether oxygens (including phenoxy) is 3. The number of nitrogens with one attached hydrogen (secondary N) is 3. The first-order valence-corrected chi connectivity index (χ1v) is 21.6. The van der Waals surface area contributed by atoms with Crippen molar-refractivity contribution >= 4 is 68.5 Å². The molecule has 0 saturated heterocycles. The fourth-order valence-electron chi connectivity index (χ4n) is 6.12. The van der Waals surface area contributed by atoms with Crippen molar-refractivity contribution in [2.45, 2.75) is 117 Å². The third kappa shape index (κ3) is 18.6. The molecular formula is C39H57AlN6O15. The van der Waals surface area contributed by atoms with E-state index in [2.05, 4.69) is 16.0 Å². The number of fused-ring (bicyclic) bond motifs is 3. The molecule has 22 heteroatoms. The molecule has 4 bridgehead atoms. The summed E-state index contributed by atoms with van der Waals surface area (Å²) in [6.07, 6.45) is 4.26. The first-order chi connectivity index (χ1) is 28.9. The van der Waals surface area contributed by atoms with Gasteiger partial charge < -0.3 is 41.8 Å². The molecule has 21 nitrogen and oxygen atoms in total. The summed E-state index contributed by atoms with van der Waals surface area (Å²) < 4.78 is 35.0. The molecule has 0 aromatic carbocycles. The van der Waals surface area contributed by atoms with Crippen LogP contribution in [0.4, 0.5) is 0 Å². The molecule has 3 N–H and O–H groups in total. The molecule has 0 saturated carbocycles. The largest absolute Gasteiger partial charge is 0.976 e. The van der Waals surface area contributed by atoms with Crippen LogP contribution in [0, 0.1) is 0 Å². The van der Waals surface area contributed by atoms with E-state index in [0.29, 0.717) is 16.7 Å². The molecule has 3 heterocycles. The van der Waals surface area contributed by atoms with Crippen LogP contribution in [-0.4, -0.2) is 141 Å². The van der Waals surface area contributed by atoms with Gasteiger partial charge in [-0.05, 0) is 59.3 Å². The van der Waals surface area contributed by atoms with Crippen LogP contribution in [0.3, 0.4) is 0 Å². The molecule has 0 spiro atoms. The van der Waals surface area contributed by atoms with E-state index in [-0.39, 0.29) is 97.2 Å². The lowest BCUT2D eigenvalue weighted by atomic mass is 10.1. The molecule has 0 fully saturated rings. The quantitative estimate of drug-likeness (QED) is 0.201. The highest BCUT2D eigenvalue weighted by Crippen LogP contribution is 2.17. The van der Waals surface area contributed by atoms with E-state index >= 15 is 0 Å². The molecule has 61 heavy (non-hydrogen) atoms. The molecule has 3 aliphatic heterocycles. The number of hydrogen-bond donors (Lipinski definition) is 3. The first kappa shape index (κ1) is 50.2. The number of rotatable bonds is 3. The SMILES string of the molecule is CC(=O)NC1CCCN2[O][Al]3[O]N(CCCC(NC(C)=O)C(=O)OCC/C(C)=C/C(=O)N(CCCC(NC(C)=O)C(=O)OCC/C(C)=C\C2=O)[O]3)C(=O)/C=C(/C)CCOC1=O. The molecule has 0 aromatic heterocycles. The lowest BCUT2D eigenvalue weighted by molar-refractivity contribution is -0.210.